The molecule has 3 aromatic carbocycles. The molecule has 13 heteroatoms. The van der Waals surface area contributed by atoms with Gasteiger partial charge in [0.05, 0.1) is 30.4 Å². The number of amides is 4. The van der Waals surface area contributed by atoms with Crippen LogP contribution in [0.5, 0.6) is 17.2 Å². The van der Waals surface area contributed by atoms with Gasteiger partial charge in [-0.25, -0.2) is 9.78 Å². The quantitative estimate of drug-likeness (QED) is 0.236. The highest BCUT2D eigenvalue weighted by atomic mass is 32.1. The number of fused-ring (bicyclic) bond motifs is 2. The maximum absolute atomic E-state index is 13.8. The van der Waals surface area contributed by atoms with Gasteiger partial charge in [-0.2, -0.15) is 0 Å². The summed E-state index contributed by atoms with van der Waals surface area (Å²) in [4.78, 5) is 47.9. The van der Waals surface area contributed by atoms with E-state index in [-0.39, 0.29) is 61.6 Å². The van der Waals surface area contributed by atoms with Crippen LogP contribution in [-0.2, 0) is 0 Å². The Labute approximate surface area is 275 Å². The van der Waals surface area contributed by atoms with Gasteiger partial charge in [-0.1, -0.05) is 25.1 Å². The van der Waals surface area contributed by atoms with Gasteiger partial charge < -0.3 is 39.8 Å². The van der Waals surface area contributed by atoms with E-state index in [4.69, 9.17) is 14.2 Å². The van der Waals surface area contributed by atoms with E-state index < -0.39 is 12.1 Å². The summed E-state index contributed by atoms with van der Waals surface area (Å²) >= 11 is 1.51. The van der Waals surface area contributed by atoms with Gasteiger partial charge >= 0.3 is 6.03 Å². The van der Waals surface area contributed by atoms with Gasteiger partial charge in [0.25, 0.3) is 11.8 Å². The topological polar surface area (TPSA) is 143 Å². The molecule has 1 aromatic heterocycles. The van der Waals surface area contributed by atoms with E-state index >= 15 is 0 Å². The number of aliphatic hydroxyl groups is 1. The zero-order chi connectivity index (χ0) is 33.1. The molecule has 4 amide bonds. The fourth-order valence-corrected chi connectivity index (χ4v) is 6.07. The molecule has 3 atom stereocenters. The molecule has 3 heterocycles. The molecular formula is C34H35N5O7S. The Balaban J connectivity index is 1.25. The normalized spacial score (nSPS) is 17.5. The van der Waals surface area contributed by atoms with E-state index in [0.717, 1.165) is 10.6 Å². The van der Waals surface area contributed by atoms with Gasteiger partial charge in [0.1, 0.15) is 11.1 Å². The Morgan fingerprint density at radius 2 is 1.89 bits per heavy atom. The van der Waals surface area contributed by atoms with Gasteiger partial charge in [0.15, 0.2) is 17.2 Å². The van der Waals surface area contributed by atoms with Crippen molar-refractivity contribution in [1.82, 2.24) is 14.8 Å². The second-order valence-corrected chi connectivity index (χ2v) is 12.4. The summed E-state index contributed by atoms with van der Waals surface area (Å²) in [6.07, 6.45) is 1.14. The average Bonchev–Trinajstić information content (AvgIpc) is 3.79. The van der Waals surface area contributed by atoms with Crippen LogP contribution >= 0.6 is 11.3 Å². The summed E-state index contributed by atoms with van der Waals surface area (Å²) in [6, 6.07) is 16.4. The van der Waals surface area contributed by atoms with Gasteiger partial charge in [0, 0.05) is 54.0 Å². The molecule has 2 aliphatic rings. The van der Waals surface area contributed by atoms with Gasteiger partial charge in [-0.3, -0.25) is 9.59 Å². The lowest BCUT2D eigenvalue weighted by Gasteiger charge is -2.38. The fraction of sp³-hybridized carbons (Fsp3) is 0.294. The molecule has 0 bridgehead atoms. The molecule has 0 saturated carbocycles. The van der Waals surface area contributed by atoms with Gasteiger partial charge in [-0.05, 0) is 43.3 Å². The molecule has 0 unspecified atom stereocenters. The number of hydrogen-bond acceptors (Lipinski definition) is 9. The molecule has 47 heavy (non-hydrogen) atoms. The van der Waals surface area contributed by atoms with Crippen molar-refractivity contribution in [2.24, 2.45) is 5.92 Å². The largest absolute Gasteiger partial charge is 0.485 e. The third-order valence-corrected chi connectivity index (χ3v) is 9.01. The first-order chi connectivity index (χ1) is 22.7. The molecule has 2 aliphatic heterocycles. The van der Waals surface area contributed by atoms with Crippen LogP contribution in [-0.4, -0.2) is 83.4 Å². The first-order valence-electron chi connectivity index (χ1n) is 15.2. The average molecular weight is 658 g/mol. The number of aromatic nitrogens is 1. The predicted molar refractivity (Wildman–Crippen MR) is 177 cm³/mol. The van der Waals surface area contributed by atoms with Gasteiger partial charge in [-0.15, -0.1) is 11.3 Å². The molecule has 0 spiro atoms. The Morgan fingerprint density at radius 3 is 2.64 bits per heavy atom. The van der Waals surface area contributed by atoms with Crippen molar-refractivity contribution in [2.45, 2.75) is 26.0 Å². The number of urea groups is 1. The van der Waals surface area contributed by atoms with E-state index in [1.165, 1.54) is 16.2 Å². The van der Waals surface area contributed by atoms with Crippen molar-refractivity contribution in [2.75, 3.05) is 44.2 Å². The number of carbonyl (C=O) groups excluding carboxylic acids is 3. The van der Waals surface area contributed by atoms with Gasteiger partial charge in [0.2, 0.25) is 6.79 Å². The summed E-state index contributed by atoms with van der Waals surface area (Å²) in [7, 11) is 1.65. The number of thiazole rings is 1. The highest BCUT2D eigenvalue weighted by Crippen LogP contribution is 2.36. The molecule has 244 valence electrons. The summed E-state index contributed by atoms with van der Waals surface area (Å²) in [5, 5.41) is 18.5. The third kappa shape index (κ3) is 6.86. The zero-order valence-corrected chi connectivity index (χ0v) is 27.0. The second-order valence-electron chi connectivity index (χ2n) is 11.6. The van der Waals surface area contributed by atoms with Crippen LogP contribution in [0.15, 0.2) is 72.2 Å². The minimum atomic E-state index is -0.585. The van der Waals surface area contributed by atoms with Crippen LogP contribution in [0.3, 0.4) is 0 Å². The van der Waals surface area contributed by atoms with Crippen molar-refractivity contribution in [3.63, 3.8) is 0 Å². The molecule has 12 nitrogen and oxygen atoms in total. The molecule has 0 saturated heterocycles. The van der Waals surface area contributed by atoms with Crippen LogP contribution < -0.4 is 24.8 Å². The molecular weight excluding hydrogens is 622 g/mol. The summed E-state index contributed by atoms with van der Waals surface area (Å²) in [5.74, 6) is 0.383. The summed E-state index contributed by atoms with van der Waals surface area (Å²) in [5.41, 5.74) is 2.42. The highest BCUT2D eigenvalue weighted by Gasteiger charge is 2.35. The van der Waals surface area contributed by atoms with E-state index in [9.17, 15) is 19.5 Å². The third-order valence-electron chi connectivity index (χ3n) is 8.19. The van der Waals surface area contributed by atoms with Crippen LogP contribution in [0.2, 0.25) is 0 Å². The first-order valence-corrected chi connectivity index (χ1v) is 16.0. The van der Waals surface area contributed by atoms with Crippen LogP contribution in [0, 0.1) is 5.92 Å². The van der Waals surface area contributed by atoms with Crippen molar-refractivity contribution in [1.29, 1.82) is 0 Å². The number of hydrogen-bond donors (Lipinski definition) is 3. The standard InChI is InChI=1S/C34H35N5O7S/c1-20-16-39(21(2)18-40)33(42)25-5-4-6-26(37-31(41)22-7-9-23(10-8-22)32-35-13-14-47-32)30(25)46-29(20)17-38(3)34(43)36-24-11-12-27-28(15-24)45-19-44-27/h4-15,20-21,29,40H,16-19H2,1-3H3,(H,36,43)(H,37,41)/t20-,21+,29+/m0/s1. The zero-order valence-electron chi connectivity index (χ0n) is 26.1. The number of benzene rings is 3. The molecule has 0 radical (unpaired) electrons. The van der Waals surface area contributed by atoms with E-state index in [0.29, 0.717) is 28.4 Å². The number of ether oxygens (including phenoxy) is 3. The highest BCUT2D eigenvalue weighted by molar-refractivity contribution is 7.13. The van der Waals surface area contributed by atoms with E-state index in [1.807, 2.05) is 24.4 Å². The number of para-hydroxylation sites is 1. The molecule has 0 aliphatic carbocycles. The number of nitrogens with zero attached hydrogens (tertiary/aromatic N) is 3. The second kappa shape index (κ2) is 13.7. The first kappa shape index (κ1) is 31.8. The molecule has 4 aromatic rings. The number of nitrogens with one attached hydrogen (secondary N) is 2. The monoisotopic (exact) mass is 657 g/mol. The van der Waals surface area contributed by atoms with Crippen LogP contribution in [0.25, 0.3) is 10.6 Å². The van der Waals surface area contributed by atoms with Crippen molar-refractivity contribution >= 4 is 40.6 Å². The lowest BCUT2D eigenvalue weighted by atomic mass is 9.99. The maximum atomic E-state index is 13.8. The van der Waals surface area contributed by atoms with Crippen molar-refractivity contribution < 1.29 is 33.7 Å². The number of rotatable bonds is 8. The Bertz CT molecular complexity index is 1770. The van der Waals surface area contributed by atoms with Crippen LogP contribution in [0.1, 0.15) is 34.6 Å². The Kier molecular flexibility index (Phi) is 9.27. The van der Waals surface area contributed by atoms with Crippen LogP contribution in [0.4, 0.5) is 16.2 Å². The van der Waals surface area contributed by atoms with E-state index in [2.05, 4.69) is 15.6 Å². The SMILES string of the molecule is C[C@H](CO)N1C[C@H](C)[C@@H](CN(C)C(=O)Nc2ccc3c(c2)OCO3)Oc2c(NC(=O)c3ccc(-c4nccs4)cc3)cccc2C1=O. The Morgan fingerprint density at radius 1 is 1.11 bits per heavy atom. The fourth-order valence-electron chi connectivity index (χ4n) is 5.43. The van der Waals surface area contributed by atoms with Crippen molar-refractivity contribution in [3.05, 3.63) is 83.4 Å². The minimum absolute atomic E-state index is 0.126. The molecule has 6 rings (SSSR count). The lowest BCUT2D eigenvalue weighted by molar-refractivity contribution is 0.0372. The maximum Gasteiger partial charge on any atom is 0.321 e. The van der Waals surface area contributed by atoms with E-state index in [1.54, 1.807) is 73.6 Å². The molecule has 0 fully saturated rings. The summed E-state index contributed by atoms with van der Waals surface area (Å²) in [6.45, 7) is 4.03. The number of carbonyl (C=O) groups is 3. The Hall–Kier alpha value is -5.14. The smallest absolute Gasteiger partial charge is 0.321 e. The molecule has 3 N–H and O–H groups in total. The summed E-state index contributed by atoms with van der Waals surface area (Å²) < 4.78 is 17.3. The van der Waals surface area contributed by atoms with Crippen molar-refractivity contribution in [3.8, 4) is 27.8 Å². The predicted octanol–water partition coefficient (Wildman–Crippen LogP) is 5.18. The number of likely N-dealkylation sites (N-methyl/N-ethyl adjacent to an activating group) is 1. The minimum Gasteiger partial charge on any atom is -0.485 e. The number of aliphatic hydroxyl groups excluding tert-OH is 1. The lowest BCUT2D eigenvalue weighted by Crippen LogP contribution is -2.50. The number of anilines is 2.